The Morgan fingerprint density at radius 2 is 0.604 bits per heavy atom. The lowest BCUT2D eigenvalue weighted by molar-refractivity contribution is 0.568. The summed E-state index contributed by atoms with van der Waals surface area (Å²) >= 11 is 0. The standard InChI is InChI=1S/C100H92BN3Si2/c1-97(2,3)71-58-70(59-72(61-71)98(4,5)6)69-54-57-92-89(60-69)101-88-56-55-85(106(81-43-25-16-26-44-81,82-45-27-17-28-46-82)83-47-29-18-30-48-83)68-93(88)102(75-36-35-49-84(65-75)105(78-37-19-13-20-38-78,79-39-21-14-22-40-79)80-41-23-15-24-42-80)94-66-77(103-90-52-33-31-50-86(90)87-51-32-34-53-91(87)103)67-95(96(94)101)104(92)76-63-73(99(7,8)9)62-74(64-76)100(10,11)12/h13-68H,1-12H3. The fourth-order valence-corrected chi connectivity index (χ4v) is 27.1. The van der Waals surface area contributed by atoms with Crippen molar-refractivity contribution in [3.63, 3.8) is 0 Å². The van der Waals surface area contributed by atoms with Crippen LogP contribution in [0.1, 0.15) is 105 Å². The molecule has 6 heteroatoms. The van der Waals surface area contributed by atoms with Gasteiger partial charge in [-0.2, -0.15) is 0 Å². The topological polar surface area (TPSA) is 11.4 Å². The molecule has 0 unspecified atom stereocenters. The molecule has 0 amide bonds. The molecule has 3 heterocycles. The number of aromatic nitrogens is 1. The maximum Gasteiger partial charge on any atom is 0.252 e. The summed E-state index contributed by atoms with van der Waals surface area (Å²) in [5.74, 6) is 0. The van der Waals surface area contributed by atoms with Crippen LogP contribution in [-0.2, 0) is 21.7 Å². The highest BCUT2D eigenvalue weighted by atomic mass is 28.3. The molecule has 15 aromatic rings. The Kier molecular flexibility index (Phi) is 16.7. The molecule has 2 aliphatic heterocycles. The first-order valence-corrected chi connectivity index (χ1v) is 41.9. The van der Waals surface area contributed by atoms with Crippen LogP contribution in [0.15, 0.2) is 340 Å². The second-order valence-corrected chi connectivity index (χ2v) is 41.4. The zero-order valence-electron chi connectivity index (χ0n) is 63.3. The van der Waals surface area contributed by atoms with Crippen LogP contribution in [0.2, 0.25) is 0 Å². The van der Waals surface area contributed by atoms with Crippen LogP contribution in [0.3, 0.4) is 0 Å². The molecule has 0 spiro atoms. The minimum atomic E-state index is -3.20. The van der Waals surface area contributed by atoms with Gasteiger partial charge in [-0.05, 0) is 174 Å². The third-order valence-electron chi connectivity index (χ3n) is 23.0. The largest absolute Gasteiger partial charge is 0.311 e. The summed E-state index contributed by atoms with van der Waals surface area (Å²) in [5.41, 5.74) is 21.4. The number of para-hydroxylation sites is 2. The molecule has 518 valence electrons. The van der Waals surface area contributed by atoms with Crippen LogP contribution >= 0.6 is 0 Å². The third-order valence-corrected chi connectivity index (χ3v) is 32.6. The molecular weight excluding hydrogens is 1310 g/mol. The average Bonchev–Trinajstić information content (AvgIpc) is 0.737. The predicted molar refractivity (Wildman–Crippen MR) is 462 cm³/mol. The molecule has 2 aliphatic rings. The highest BCUT2D eigenvalue weighted by molar-refractivity contribution is 7.20. The Labute approximate surface area is 630 Å². The molecule has 0 atom stereocenters. The second kappa shape index (κ2) is 25.9. The number of hydrogen-bond acceptors (Lipinski definition) is 2. The van der Waals surface area contributed by atoms with Crippen molar-refractivity contribution in [3.05, 3.63) is 362 Å². The summed E-state index contributed by atoms with van der Waals surface area (Å²) in [4.78, 5) is 5.42. The zero-order chi connectivity index (χ0) is 73.1. The van der Waals surface area contributed by atoms with Crippen molar-refractivity contribution in [2.24, 2.45) is 0 Å². The van der Waals surface area contributed by atoms with E-state index < -0.39 is 16.1 Å². The van der Waals surface area contributed by atoms with Crippen LogP contribution in [0.4, 0.5) is 34.1 Å². The molecule has 0 saturated heterocycles. The normalized spacial score (nSPS) is 13.2. The van der Waals surface area contributed by atoms with E-state index in [0.29, 0.717) is 0 Å². The van der Waals surface area contributed by atoms with Gasteiger partial charge in [0.25, 0.3) is 6.71 Å². The van der Waals surface area contributed by atoms with E-state index in [1.807, 2.05) is 0 Å². The molecule has 106 heavy (non-hydrogen) atoms. The van der Waals surface area contributed by atoms with E-state index in [-0.39, 0.29) is 28.4 Å². The van der Waals surface area contributed by atoms with Crippen molar-refractivity contribution in [1.29, 1.82) is 0 Å². The molecule has 17 rings (SSSR count). The molecule has 1 aromatic heterocycles. The zero-order valence-corrected chi connectivity index (χ0v) is 65.3. The molecule has 0 bridgehead atoms. The first kappa shape index (κ1) is 68.1. The van der Waals surface area contributed by atoms with E-state index in [1.54, 1.807) is 0 Å². The van der Waals surface area contributed by atoms with Gasteiger partial charge in [-0.1, -0.05) is 362 Å². The number of fused-ring (bicyclic) bond motifs is 7. The van der Waals surface area contributed by atoms with Gasteiger partial charge >= 0.3 is 0 Å². The van der Waals surface area contributed by atoms with Gasteiger partial charge < -0.3 is 14.4 Å². The molecule has 0 saturated carbocycles. The monoisotopic (exact) mass is 1400 g/mol. The van der Waals surface area contributed by atoms with Crippen molar-refractivity contribution >= 4 is 137 Å². The first-order valence-electron chi connectivity index (χ1n) is 37.9. The SMILES string of the molecule is CC(C)(C)c1cc(-c2ccc3c(c2)B2c4ccc([Si](c5ccccc5)(c5ccccc5)c5ccccc5)cc4N(c4cccc([Si](c5ccccc5)(c5ccccc5)c5ccccc5)c4)c4cc(-n5c6ccccc6c6ccccc65)cc(c42)N3c2cc(C(C)(C)C)cc(C(C)(C)C)c2)cc(C(C)(C)C)c1. The molecule has 0 fully saturated rings. The van der Waals surface area contributed by atoms with E-state index in [1.165, 1.54) is 113 Å². The van der Waals surface area contributed by atoms with Gasteiger partial charge in [0.05, 0.1) is 16.7 Å². The van der Waals surface area contributed by atoms with Crippen molar-refractivity contribution < 1.29 is 0 Å². The van der Waals surface area contributed by atoms with Crippen LogP contribution in [0, 0.1) is 0 Å². The lowest BCUT2D eigenvalue weighted by Crippen LogP contribution is -2.75. The average molecular weight is 1400 g/mol. The van der Waals surface area contributed by atoms with Crippen molar-refractivity contribution in [1.82, 2.24) is 4.57 Å². The Hall–Kier alpha value is -11.0. The van der Waals surface area contributed by atoms with Gasteiger partial charge in [0, 0.05) is 44.9 Å². The highest BCUT2D eigenvalue weighted by Gasteiger charge is 2.49. The number of anilines is 6. The summed E-state index contributed by atoms with van der Waals surface area (Å²) < 4.78 is 2.56. The number of nitrogens with zero attached hydrogens (tertiary/aromatic N) is 3. The maximum absolute atomic E-state index is 3.20. The summed E-state index contributed by atoms with van der Waals surface area (Å²) in [6, 6.07) is 132. The molecule has 0 radical (unpaired) electrons. The maximum atomic E-state index is 2.73. The molecule has 0 N–H and O–H groups in total. The fourth-order valence-electron chi connectivity index (χ4n) is 17.6. The van der Waals surface area contributed by atoms with Crippen LogP contribution in [-0.4, -0.2) is 27.4 Å². The minimum Gasteiger partial charge on any atom is -0.311 e. The Balaban J connectivity index is 1.06. The number of benzene rings is 14. The molecule has 3 nitrogen and oxygen atoms in total. The highest BCUT2D eigenvalue weighted by Crippen LogP contribution is 2.49. The van der Waals surface area contributed by atoms with Crippen molar-refractivity contribution in [3.8, 4) is 16.8 Å². The van der Waals surface area contributed by atoms with Crippen LogP contribution in [0.5, 0.6) is 0 Å². The number of hydrogen-bond donors (Lipinski definition) is 0. The predicted octanol–water partition coefficient (Wildman–Crippen LogP) is 18.5. The van der Waals surface area contributed by atoms with Gasteiger partial charge in [0.15, 0.2) is 16.1 Å². The summed E-state index contributed by atoms with van der Waals surface area (Å²) in [5, 5.41) is 13.1. The second-order valence-electron chi connectivity index (χ2n) is 33.7. The van der Waals surface area contributed by atoms with Gasteiger partial charge in [-0.3, -0.25) is 0 Å². The van der Waals surface area contributed by atoms with Gasteiger partial charge in [0.1, 0.15) is 0 Å². The van der Waals surface area contributed by atoms with E-state index in [9.17, 15) is 0 Å². The smallest absolute Gasteiger partial charge is 0.252 e. The first-order chi connectivity index (χ1) is 51.1. The fraction of sp³-hybridized carbons (Fsp3) is 0.160. The van der Waals surface area contributed by atoms with Crippen LogP contribution < -0.4 is 67.7 Å². The Bertz CT molecular complexity index is 5510. The minimum absolute atomic E-state index is 0.0875. The van der Waals surface area contributed by atoms with E-state index in [0.717, 1.165) is 39.5 Å². The number of rotatable bonds is 12. The van der Waals surface area contributed by atoms with Gasteiger partial charge in [-0.15, -0.1) is 0 Å². The van der Waals surface area contributed by atoms with Crippen LogP contribution in [0.25, 0.3) is 38.6 Å². The van der Waals surface area contributed by atoms with E-state index >= 15 is 0 Å². The summed E-state index contributed by atoms with van der Waals surface area (Å²) in [6.45, 7) is 28.2. The van der Waals surface area contributed by atoms with E-state index in [4.69, 9.17) is 0 Å². The summed E-state index contributed by atoms with van der Waals surface area (Å²) in [7, 11) is -6.33. The quantitative estimate of drug-likeness (QED) is 0.0892. The van der Waals surface area contributed by atoms with Crippen molar-refractivity contribution in [2.75, 3.05) is 9.80 Å². The Morgan fingerprint density at radius 1 is 0.236 bits per heavy atom. The van der Waals surface area contributed by atoms with E-state index in [2.05, 4.69) is 437 Å². The lowest BCUT2D eigenvalue weighted by atomic mass is 9.33. The molecular formula is C100H92BN3Si2. The lowest BCUT2D eigenvalue weighted by Gasteiger charge is -2.46. The molecule has 14 aromatic carbocycles. The molecule has 0 aliphatic carbocycles. The van der Waals surface area contributed by atoms with Gasteiger partial charge in [-0.25, -0.2) is 0 Å². The third kappa shape index (κ3) is 11.4. The summed E-state index contributed by atoms with van der Waals surface area (Å²) in [6.07, 6.45) is 0. The van der Waals surface area contributed by atoms with Gasteiger partial charge in [0.2, 0.25) is 0 Å². The van der Waals surface area contributed by atoms with Crippen molar-refractivity contribution in [2.45, 2.75) is 105 Å². The Morgan fingerprint density at radius 3 is 1.02 bits per heavy atom.